The molecule has 9 heteroatoms. The van der Waals surface area contributed by atoms with Crippen molar-refractivity contribution in [2.75, 3.05) is 26.0 Å². The molecule has 0 aromatic heterocycles. The highest BCUT2D eigenvalue weighted by atomic mass is 35.5. The van der Waals surface area contributed by atoms with Crippen molar-refractivity contribution in [1.82, 2.24) is 9.62 Å². The maximum Gasteiger partial charge on any atom is 0.251 e. The third-order valence-corrected chi connectivity index (χ3v) is 5.74. The standard InChI is InChI=1S/C18H20ClN3O4S/c1-22(2)27(25,26)16-9-7-15(8-10-16)21-17(23)11-12-20-18(24)13-3-5-14(19)6-4-13/h3-10H,11-12H2,1-2H3,(H,20,24)(H,21,23). The second-order valence-corrected chi connectivity index (χ2v) is 8.46. The van der Waals surface area contributed by atoms with E-state index in [2.05, 4.69) is 10.6 Å². The molecule has 0 aliphatic heterocycles. The lowest BCUT2D eigenvalue weighted by atomic mass is 10.2. The number of nitrogens with one attached hydrogen (secondary N) is 2. The van der Waals surface area contributed by atoms with Gasteiger partial charge in [0.2, 0.25) is 15.9 Å². The zero-order valence-electron chi connectivity index (χ0n) is 14.9. The molecule has 0 bridgehead atoms. The molecule has 0 saturated heterocycles. The number of halogens is 1. The van der Waals surface area contributed by atoms with E-state index in [-0.39, 0.29) is 29.7 Å². The van der Waals surface area contributed by atoms with Crippen molar-refractivity contribution in [2.24, 2.45) is 0 Å². The molecule has 0 atom stereocenters. The lowest BCUT2D eigenvalue weighted by Crippen LogP contribution is -2.27. The van der Waals surface area contributed by atoms with Gasteiger partial charge in [-0.2, -0.15) is 0 Å². The fourth-order valence-electron chi connectivity index (χ4n) is 2.14. The van der Waals surface area contributed by atoms with Gasteiger partial charge in [-0.3, -0.25) is 9.59 Å². The number of carbonyl (C=O) groups excluding carboxylic acids is 2. The highest BCUT2D eigenvalue weighted by Crippen LogP contribution is 2.16. The third kappa shape index (κ3) is 5.78. The summed E-state index contributed by atoms with van der Waals surface area (Å²) >= 11 is 5.77. The van der Waals surface area contributed by atoms with E-state index in [0.717, 1.165) is 4.31 Å². The Hall–Kier alpha value is -2.42. The van der Waals surface area contributed by atoms with Gasteiger partial charge < -0.3 is 10.6 Å². The first-order chi connectivity index (χ1) is 12.7. The van der Waals surface area contributed by atoms with Crippen LogP contribution < -0.4 is 10.6 Å². The lowest BCUT2D eigenvalue weighted by Gasteiger charge is -2.12. The summed E-state index contributed by atoms with van der Waals surface area (Å²) < 4.78 is 25.1. The molecule has 2 rings (SSSR count). The molecule has 2 aromatic carbocycles. The van der Waals surface area contributed by atoms with Crippen molar-refractivity contribution >= 4 is 39.1 Å². The van der Waals surface area contributed by atoms with Gasteiger partial charge in [-0.1, -0.05) is 11.6 Å². The van der Waals surface area contributed by atoms with E-state index in [1.807, 2.05) is 0 Å². The molecule has 0 saturated carbocycles. The molecule has 0 aliphatic rings. The Morgan fingerprint density at radius 1 is 1.00 bits per heavy atom. The maximum atomic E-state index is 12.0. The van der Waals surface area contributed by atoms with Crippen LogP contribution in [0.2, 0.25) is 5.02 Å². The van der Waals surface area contributed by atoms with E-state index in [4.69, 9.17) is 11.6 Å². The van der Waals surface area contributed by atoms with Gasteiger partial charge in [0.05, 0.1) is 4.90 Å². The number of nitrogens with zero attached hydrogens (tertiary/aromatic N) is 1. The smallest absolute Gasteiger partial charge is 0.251 e. The molecule has 27 heavy (non-hydrogen) atoms. The average molecular weight is 410 g/mol. The van der Waals surface area contributed by atoms with Crippen LogP contribution in [0.3, 0.4) is 0 Å². The van der Waals surface area contributed by atoms with Gasteiger partial charge in [0.1, 0.15) is 0 Å². The second kappa shape index (κ2) is 8.98. The van der Waals surface area contributed by atoms with Crippen LogP contribution in [0.4, 0.5) is 5.69 Å². The summed E-state index contributed by atoms with van der Waals surface area (Å²) in [6.07, 6.45) is 0.0804. The monoisotopic (exact) mass is 409 g/mol. The molecule has 0 fully saturated rings. The number of anilines is 1. The molecule has 7 nitrogen and oxygen atoms in total. The normalized spacial score (nSPS) is 11.3. The second-order valence-electron chi connectivity index (χ2n) is 5.87. The molecule has 144 valence electrons. The molecule has 0 spiro atoms. The largest absolute Gasteiger partial charge is 0.352 e. The first-order valence-electron chi connectivity index (χ1n) is 8.06. The maximum absolute atomic E-state index is 12.0. The van der Waals surface area contributed by atoms with Crippen molar-refractivity contribution in [1.29, 1.82) is 0 Å². The molecule has 0 unspecified atom stereocenters. The average Bonchev–Trinajstić information content (AvgIpc) is 2.62. The van der Waals surface area contributed by atoms with E-state index >= 15 is 0 Å². The van der Waals surface area contributed by atoms with E-state index in [1.165, 1.54) is 38.4 Å². The predicted molar refractivity (Wildman–Crippen MR) is 104 cm³/mol. The molecular formula is C18H20ClN3O4S. The molecule has 2 N–H and O–H groups in total. The summed E-state index contributed by atoms with van der Waals surface area (Å²) in [4.78, 5) is 24.0. The van der Waals surface area contributed by atoms with Crippen LogP contribution in [0.15, 0.2) is 53.4 Å². The summed E-state index contributed by atoms with van der Waals surface area (Å²) in [6.45, 7) is 0.167. The van der Waals surface area contributed by atoms with Crippen LogP contribution in [0.25, 0.3) is 0 Å². The molecule has 0 heterocycles. The summed E-state index contributed by atoms with van der Waals surface area (Å²) in [5.41, 5.74) is 0.930. The number of amides is 2. The summed E-state index contributed by atoms with van der Waals surface area (Å²) in [5, 5.41) is 5.84. The van der Waals surface area contributed by atoms with Gasteiger partial charge in [0.15, 0.2) is 0 Å². The Balaban J connectivity index is 1.83. The third-order valence-electron chi connectivity index (χ3n) is 3.66. The summed E-state index contributed by atoms with van der Waals surface area (Å²) in [5.74, 6) is -0.590. The predicted octanol–water partition coefficient (Wildman–Crippen LogP) is 2.35. The first kappa shape index (κ1) is 20.9. The highest BCUT2D eigenvalue weighted by molar-refractivity contribution is 7.89. The Morgan fingerprint density at radius 3 is 2.15 bits per heavy atom. The Labute approximate surface area is 163 Å². The van der Waals surface area contributed by atoms with E-state index < -0.39 is 10.0 Å². The van der Waals surface area contributed by atoms with E-state index in [0.29, 0.717) is 16.3 Å². The van der Waals surface area contributed by atoms with Crippen molar-refractivity contribution < 1.29 is 18.0 Å². The number of hydrogen-bond donors (Lipinski definition) is 2. The van der Waals surface area contributed by atoms with Crippen molar-refractivity contribution in [3.63, 3.8) is 0 Å². The van der Waals surface area contributed by atoms with Crippen LogP contribution in [0.1, 0.15) is 16.8 Å². The highest BCUT2D eigenvalue weighted by Gasteiger charge is 2.16. The quantitative estimate of drug-likeness (QED) is 0.733. The zero-order valence-corrected chi connectivity index (χ0v) is 16.5. The van der Waals surface area contributed by atoms with Gasteiger partial charge in [-0.25, -0.2) is 12.7 Å². The summed E-state index contributed by atoms with van der Waals surface area (Å²) in [6, 6.07) is 12.3. The SMILES string of the molecule is CN(C)S(=O)(=O)c1ccc(NC(=O)CCNC(=O)c2ccc(Cl)cc2)cc1. The number of benzene rings is 2. The Morgan fingerprint density at radius 2 is 1.59 bits per heavy atom. The van der Waals surface area contributed by atoms with Gasteiger partial charge in [0, 0.05) is 43.3 Å². The fourth-order valence-corrected chi connectivity index (χ4v) is 3.17. The van der Waals surface area contributed by atoms with Crippen LogP contribution in [0.5, 0.6) is 0 Å². The minimum Gasteiger partial charge on any atom is -0.352 e. The van der Waals surface area contributed by atoms with Crippen LogP contribution >= 0.6 is 11.6 Å². The van der Waals surface area contributed by atoms with Gasteiger partial charge in [-0.15, -0.1) is 0 Å². The van der Waals surface area contributed by atoms with Crippen molar-refractivity contribution in [3.8, 4) is 0 Å². The topological polar surface area (TPSA) is 95.6 Å². The van der Waals surface area contributed by atoms with Crippen molar-refractivity contribution in [3.05, 3.63) is 59.1 Å². The zero-order chi connectivity index (χ0) is 20.0. The van der Waals surface area contributed by atoms with Crippen LogP contribution in [0, 0.1) is 0 Å². The molecular weight excluding hydrogens is 390 g/mol. The number of sulfonamides is 1. The molecule has 0 radical (unpaired) electrons. The van der Waals surface area contributed by atoms with Gasteiger partial charge in [0.25, 0.3) is 5.91 Å². The molecule has 0 aliphatic carbocycles. The summed E-state index contributed by atoms with van der Waals surface area (Å²) in [7, 11) is -0.615. The molecule has 2 amide bonds. The molecule has 2 aromatic rings. The lowest BCUT2D eigenvalue weighted by molar-refractivity contribution is -0.116. The Bertz CT molecular complexity index is 911. The minimum atomic E-state index is -3.51. The number of hydrogen-bond acceptors (Lipinski definition) is 4. The Kier molecular flexibility index (Phi) is 6.95. The minimum absolute atomic E-state index is 0.0804. The van der Waals surface area contributed by atoms with E-state index in [9.17, 15) is 18.0 Å². The first-order valence-corrected chi connectivity index (χ1v) is 9.88. The van der Waals surface area contributed by atoms with Crippen LogP contribution in [-0.2, 0) is 14.8 Å². The van der Waals surface area contributed by atoms with E-state index in [1.54, 1.807) is 24.3 Å². The van der Waals surface area contributed by atoms with Gasteiger partial charge >= 0.3 is 0 Å². The van der Waals surface area contributed by atoms with Gasteiger partial charge in [-0.05, 0) is 48.5 Å². The number of carbonyl (C=O) groups is 2. The van der Waals surface area contributed by atoms with Crippen LogP contribution in [-0.4, -0.2) is 45.2 Å². The van der Waals surface area contributed by atoms with Crippen molar-refractivity contribution in [2.45, 2.75) is 11.3 Å². The number of rotatable bonds is 7. The fraction of sp³-hybridized carbons (Fsp3) is 0.222.